The third kappa shape index (κ3) is 13.2. The molecule has 6 aliphatic rings. The van der Waals surface area contributed by atoms with Gasteiger partial charge < -0.3 is 114 Å². The molecular weight excluding hydrogens is 893 g/mol. The molecule has 2 saturated carbocycles. The normalized spacial score (nSPS) is 48.5. The highest BCUT2D eigenvalue weighted by Crippen LogP contribution is 2.35. The second-order valence-corrected chi connectivity index (χ2v) is 21.0. The van der Waals surface area contributed by atoms with Gasteiger partial charge in [-0.2, -0.15) is 0 Å². The zero-order valence-electron chi connectivity index (χ0n) is 40.5. The zero-order valence-corrected chi connectivity index (χ0v) is 40.5. The molecule has 24 nitrogen and oxygen atoms in total. The standard InChI is InChI=1S/C44H88N10O14/c1-43(59)19-61-41(67-35-27(51)15-25(49)33(29(35)55)65-39-23(47)11-9-21(17-45)63-39)31(57)37(43)53(3)13-7-5-6-8-14-54(4)38-32(58)42(62-20-44(38,2)60)68-36-28(52)16-26(50)34(30(36)56)66-40-24(48)12-10-22(18-46)64-40/h21-42,55-60H,5-20,45-52H2,1-4H3/t21-,22-,23+,24+,25-,26-,27+,28+,29-,30-,31+,32+,33?,34?,35?,36?,37+,38+,39?,40?,41?,42?,43-,44-/m0/s1. The van der Waals surface area contributed by atoms with E-state index in [0.717, 1.165) is 25.7 Å². The van der Waals surface area contributed by atoms with Crippen LogP contribution in [0, 0.1) is 0 Å². The van der Waals surface area contributed by atoms with E-state index in [2.05, 4.69) is 0 Å². The molecule has 0 bridgehead atoms. The Kier molecular flexibility index (Phi) is 20.2. The van der Waals surface area contributed by atoms with Crippen LogP contribution >= 0.6 is 0 Å². The lowest BCUT2D eigenvalue weighted by Crippen LogP contribution is -2.69. The van der Waals surface area contributed by atoms with Crippen molar-refractivity contribution in [3.63, 3.8) is 0 Å². The van der Waals surface area contributed by atoms with E-state index >= 15 is 0 Å². The maximum absolute atomic E-state index is 11.7. The van der Waals surface area contributed by atoms with Gasteiger partial charge in [-0.05, 0) is 92.4 Å². The van der Waals surface area contributed by atoms with E-state index in [9.17, 15) is 30.6 Å². The average molecular weight is 981 g/mol. The van der Waals surface area contributed by atoms with Crippen molar-refractivity contribution in [1.29, 1.82) is 0 Å². The number of hydrogen-bond acceptors (Lipinski definition) is 24. The Morgan fingerprint density at radius 1 is 0.485 bits per heavy atom. The van der Waals surface area contributed by atoms with E-state index in [4.69, 9.17) is 83.8 Å². The highest BCUT2D eigenvalue weighted by Gasteiger charge is 2.54. The van der Waals surface area contributed by atoms with Crippen LogP contribution in [0.2, 0.25) is 0 Å². The second-order valence-electron chi connectivity index (χ2n) is 21.0. The van der Waals surface area contributed by atoms with Crippen LogP contribution in [0.3, 0.4) is 0 Å². The first-order valence-corrected chi connectivity index (χ1v) is 24.8. The topological polar surface area (TPSA) is 410 Å². The predicted molar refractivity (Wildman–Crippen MR) is 247 cm³/mol. The van der Waals surface area contributed by atoms with Crippen molar-refractivity contribution in [3.8, 4) is 0 Å². The number of nitrogens with zero attached hydrogens (tertiary/aromatic N) is 2. The van der Waals surface area contributed by atoms with Crippen LogP contribution in [-0.4, -0.2) is 240 Å². The fourth-order valence-electron chi connectivity index (χ4n) is 11.2. The van der Waals surface area contributed by atoms with Gasteiger partial charge in [0, 0.05) is 37.3 Å². The molecule has 0 radical (unpaired) electrons. The number of rotatable bonds is 19. The summed E-state index contributed by atoms with van der Waals surface area (Å²) < 4.78 is 48.3. The van der Waals surface area contributed by atoms with Crippen LogP contribution in [0.4, 0.5) is 0 Å². The third-order valence-corrected chi connectivity index (χ3v) is 15.1. The van der Waals surface area contributed by atoms with Crippen LogP contribution in [-0.2, 0) is 37.9 Å². The van der Waals surface area contributed by atoms with E-state index in [1.165, 1.54) is 0 Å². The molecule has 6 fully saturated rings. The summed E-state index contributed by atoms with van der Waals surface area (Å²) in [7, 11) is 3.63. The van der Waals surface area contributed by atoms with E-state index in [1.807, 2.05) is 23.9 Å². The molecule has 0 spiro atoms. The van der Waals surface area contributed by atoms with Gasteiger partial charge in [0.05, 0.1) is 49.6 Å². The lowest BCUT2D eigenvalue weighted by atomic mass is 9.84. The van der Waals surface area contributed by atoms with Crippen molar-refractivity contribution in [2.75, 3.05) is 53.5 Å². The molecule has 68 heavy (non-hydrogen) atoms. The number of unbranched alkanes of at least 4 members (excludes halogenated alkanes) is 3. The first-order valence-electron chi connectivity index (χ1n) is 24.8. The first-order chi connectivity index (χ1) is 32.1. The van der Waals surface area contributed by atoms with Crippen LogP contribution in [0.5, 0.6) is 0 Å². The number of hydrogen-bond donors (Lipinski definition) is 14. The molecule has 22 N–H and O–H groups in total. The zero-order chi connectivity index (χ0) is 49.8. The molecule has 2 aliphatic carbocycles. The fraction of sp³-hybridized carbons (Fsp3) is 1.00. The number of aliphatic hydroxyl groups excluding tert-OH is 4. The Balaban J connectivity index is 0.965. The molecule has 24 heteroatoms. The summed E-state index contributed by atoms with van der Waals surface area (Å²) in [6.45, 7) is 4.54. The molecule has 0 aromatic carbocycles. The molecule has 4 heterocycles. The summed E-state index contributed by atoms with van der Waals surface area (Å²) in [5.41, 5.74) is 47.1. The van der Waals surface area contributed by atoms with Crippen LogP contribution in [0.25, 0.3) is 0 Å². The van der Waals surface area contributed by atoms with Crippen LogP contribution in [0.1, 0.15) is 78.1 Å². The number of likely N-dealkylation sites (N-methyl/N-ethyl adjacent to an activating group) is 2. The summed E-state index contributed by atoms with van der Waals surface area (Å²) in [5, 5.41) is 69.2. The summed E-state index contributed by atoms with van der Waals surface area (Å²) in [5.74, 6) is 0. The van der Waals surface area contributed by atoms with Crippen molar-refractivity contribution in [3.05, 3.63) is 0 Å². The van der Waals surface area contributed by atoms with Gasteiger partial charge in [0.15, 0.2) is 25.2 Å². The molecule has 0 amide bonds. The number of nitrogens with two attached hydrogens (primary N) is 8. The maximum atomic E-state index is 11.7. The number of aliphatic hydroxyl groups is 6. The van der Waals surface area contributed by atoms with Gasteiger partial charge in [-0.25, -0.2) is 0 Å². The van der Waals surface area contributed by atoms with Gasteiger partial charge in [-0.1, -0.05) is 12.8 Å². The van der Waals surface area contributed by atoms with Crippen LogP contribution < -0.4 is 45.9 Å². The van der Waals surface area contributed by atoms with Crippen molar-refractivity contribution < 1.29 is 68.5 Å². The highest BCUT2D eigenvalue weighted by atomic mass is 16.7. The lowest BCUT2D eigenvalue weighted by Gasteiger charge is -2.50. The highest BCUT2D eigenvalue weighted by molar-refractivity contribution is 5.04. The molecule has 24 atom stereocenters. The SMILES string of the molecule is CN(CCCCCCN(C)[C@@H]1[C@@H](O)C(OC2[C@@H](O)C(OC3O[C@H](CN)CC[C@H]3N)[C@@H](N)C[C@H]2N)OC[C@]1(C)O)[C@@H]1[C@@H](O)C(OC2[C@@H](O)C(OC3O[C@H](CN)CC[C@H]3N)[C@@H](N)C[C@H]2N)OC[C@]1(C)O. The van der Waals surface area contributed by atoms with Crippen molar-refractivity contribution in [2.24, 2.45) is 45.9 Å². The quantitative estimate of drug-likeness (QED) is 0.0536. The van der Waals surface area contributed by atoms with Gasteiger partial charge in [0.1, 0.15) is 60.0 Å². The molecular formula is C44H88N10O14. The summed E-state index contributed by atoms with van der Waals surface area (Å²) in [6, 6.07) is -5.17. The smallest absolute Gasteiger partial charge is 0.185 e. The van der Waals surface area contributed by atoms with Gasteiger partial charge in [0.2, 0.25) is 0 Å². The Bertz CT molecular complexity index is 1430. The minimum absolute atomic E-state index is 0.148. The lowest BCUT2D eigenvalue weighted by molar-refractivity contribution is -0.314. The largest absolute Gasteiger partial charge is 0.388 e. The van der Waals surface area contributed by atoms with Crippen molar-refractivity contribution in [2.45, 2.75) is 224 Å². The Morgan fingerprint density at radius 3 is 1.13 bits per heavy atom. The molecule has 398 valence electrons. The van der Waals surface area contributed by atoms with Gasteiger partial charge in [-0.15, -0.1) is 0 Å². The van der Waals surface area contributed by atoms with E-state index in [1.54, 1.807) is 13.8 Å². The van der Waals surface area contributed by atoms with Crippen molar-refractivity contribution >= 4 is 0 Å². The Labute approximate surface area is 400 Å². The van der Waals surface area contributed by atoms with Gasteiger partial charge in [0.25, 0.3) is 0 Å². The molecule has 0 aromatic rings. The van der Waals surface area contributed by atoms with E-state index in [-0.39, 0.29) is 38.3 Å². The predicted octanol–water partition coefficient (Wildman–Crippen LogP) is -5.95. The van der Waals surface area contributed by atoms with Gasteiger partial charge >= 0.3 is 0 Å². The number of ether oxygens (including phenoxy) is 8. The molecule has 4 saturated heterocycles. The van der Waals surface area contributed by atoms with Crippen molar-refractivity contribution in [1.82, 2.24) is 9.80 Å². The first kappa shape index (κ1) is 56.3. The third-order valence-electron chi connectivity index (χ3n) is 15.1. The summed E-state index contributed by atoms with van der Waals surface area (Å²) in [4.78, 5) is 3.76. The van der Waals surface area contributed by atoms with E-state index in [0.29, 0.717) is 51.9 Å². The average Bonchev–Trinajstić information content (AvgIpc) is 3.27. The fourth-order valence-corrected chi connectivity index (χ4v) is 11.2. The minimum atomic E-state index is -1.44. The molecule has 4 aliphatic heterocycles. The summed E-state index contributed by atoms with van der Waals surface area (Å²) >= 11 is 0. The maximum Gasteiger partial charge on any atom is 0.185 e. The summed E-state index contributed by atoms with van der Waals surface area (Å²) in [6.07, 6.45) is -7.53. The Hall–Kier alpha value is -0.960. The van der Waals surface area contributed by atoms with Crippen LogP contribution in [0.15, 0.2) is 0 Å². The molecule has 0 aromatic heterocycles. The minimum Gasteiger partial charge on any atom is -0.388 e. The van der Waals surface area contributed by atoms with E-state index < -0.39 is 134 Å². The molecule has 8 unspecified atom stereocenters. The monoisotopic (exact) mass is 981 g/mol. The molecule has 6 rings (SSSR count). The van der Waals surface area contributed by atoms with Gasteiger partial charge in [-0.3, -0.25) is 9.80 Å². The Morgan fingerprint density at radius 2 is 0.809 bits per heavy atom. The second kappa shape index (κ2) is 24.4.